The first-order chi connectivity index (χ1) is 11.3. The van der Waals surface area contributed by atoms with E-state index < -0.39 is 0 Å². The van der Waals surface area contributed by atoms with Gasteiger partial charge >= 0.3 is 0 Å². The molecule has 0 atom stereocenters. The average molecular weight is 309 g/mol. The van der Waals surface area contributed by atoms with E-state index in [-0.39, 0.29) is 5.91 Å². The number of hydrogen-bond donors (Lipinski definition) is 1. The maximum absolute atomic E-state index is 11.8. The number of carbonyl (C=O) groups is 1. The van der Waals surface area contributed by atoms with Crippen molar-refractivity contribution in [3.63, 3.8) is 0 Å². The third-order valence-electron chi connectivity index (χ3n) is 3.15. The van der Waals surface area contributed by atoms with Crippen LogP contribution >= 0.6 is 0 Å². The summed E-state index contributed by atoms with van der Waals surface area (Å²) in [5, 5.41) is 8.09. The summed E-state index contributed by atoms with van der Waals surface area (Å²) < 4.78 is 5.67. The lowest BCUT2D eigenvalue weighted by molar-refractivity contribution is 0.0364. The Morgan fingerprint density at radius 2 is 1.61 bits per heavy atom. The molecular formula is C17H15N3O3. The fraction of sp³-hybridized carbons (Fsp3) is 0.118. The third-order valence-corrected chi connectivity index (χ3v) is 3.15. The number of hydrogen-bond acceptors (Lipinski definition) is 5. The number of aromatic nitrogens is 2. The Labute approximate surface area is 133 Å². The second kappa shape index (κ2) is 6.85. The van der Waals surface area contributed by atoms with Crippen molar-refractivity contribution < 1.29 is 14.0 Å². The van der Waals surface area contributed by atoms with Crippen molar-refractivity contribution in [2.75, 3.05) is 6.61 Å². The summed E-state index contributed by atoms with van der Waals surface area (Å²) in [4.78, 5) is 16.6. The lowest BCUT2D eigenvalue weighted by atomic mass is 10.1. The molecule has 1 amide bonds. The highest BCUT2D eigenvalue weighted by molar-refractivity contribution is 5.93. The van der Waals surface area contributed by atoms with E-state index in [0.717, 1.165) is 11.1 Å². The van der Waals surface area contributed by atoms with Crippen molar-refractivity contribution in [2.45, 2.75) is 6.92 Å². The van der Waals surface area contributed by atoms with Crippen molar-refractivity contribution in [1.82, 2.24) is 15.7 Å². The van der Waals surface area contributed by atoms with E-state index in [0.29, 0.717) is 24.0 Å². The second-order valence-electron chi connectivity index (χ2n) is 4.72. The van der Waals surface area contributed by atoms with Gasteiger partial charge in [-0.1, -0.05) is 18.2 Å². The molecule has 1 aromatic heterocycles. The summed E-state index contributed by atoms with van der Waals surface area (Å²) >= 11 is 0. The molecule has 2 aromatic carbocycles. The molecule has 0 fully saturated rings. The Morgan fingerprint density at radius 1 is 1.00 bits per heavy atom. The lowest BCUT2D eigenvalue weighted by Crippen LogP contribution is -2.23. The van der Waals surface area contributed by atoms with Crippen LogP contribution < -0.4 is 5.48 Å². The zero-order chi connectivity index (χ0) is 16.1. The van der Waals surface area contributed by atoms with Gasteiger partial charge in [-0.25, -0.2) is 5.48 Å². The van der Waals surface area contributed by atoms with Gasteiger partial charge in [-0.15, -0.1) is 10.2 Å². The van der Waals surface area contributed by atoms with Gasteiger partial charge in [0.15, 0.2) is 0 Å². The van der Waals surface area contributed by atoms with E-state index in [1.165, 1.54) is 0 Å². The average Bonchev–Trinajstić information content (AvgIpc) is 3.11. The standard InChI is InChI=1S/C17H15N3O3/c1-2-22-20-15(21)12-8-10-14(11-9-12)17-19-18-16(23-17)13-6-4-3-5-7-13/h3-11H,2H2,1H3,(H,20,21). The van der Waals surface area contributed by atoms with Gasteiger partial charge in [0.25, 0.3) is 5.91 Å². The molecule has 3 rings (SSSR count). The minimum absolute atomic E-state index is 0.297. The van der Waals surface area contributed by atoms with Gasteiger partial charge in [0, 0.05) is 16.7 Å². The molecule has 0 aliphatic carbocycles. The molecule has 0 radical (unpaired) electrons. The van der Waals surface area contributed by atoms with Crippen LogP contribution in [0.25, 0.3) is 22.9 Å². The SMILES string of the molecule is CCONC(=O)c1ccc(-c2nnc(-c3ccccc3)o2)cc1. The maximum Gasteiger partial charge on any atom is 0.274 e. The first kappa shape index (κ1) is 14.9. The van der Waals surface area contributed by atoms with Gasteiger partial charge in [0.2, 0.25) is 11.8 Å². The van der Waals surface area contributed by atoms with E-state index in [9.17, 15) is 4.79 Å². The topological polar surface area (TPSA) is 77.2 Å². The highest BCUT2D eigenvalue weighted by Crippen LogP contribution is 2.23. The minimum atomic E-state index is -0.297. The van der Waals surface area contributed by atoms with Crippen LogP contribution in [0.1, 0.15) is 17.3 Å². The Hall–Kier alpha value is -2.99. The monoisotopic (exact) mass is 309 g/mol. The molecule has 6 nitrogen and oxygen atoms in total. The summed E-state index contributed by atoms with van der Waals surface area (Å²) in [6, 6.07) is 16.4. The van der Waals surface area contributed by atoms with Gasteiger partial charge in [-0.05, 0) is 43.3 Å². The Kier molecular flexibility index (Phi) is 4.44. The van der Waals surface area contributed by atoms with Crippen molar-refractivity contribution in [1.29, 1.82) is 0 Å². The third kappa shape index (κ3) is 3.44. The van der Waals surface area contributed by atoms with Crippen LogP contribution in [0, 0.1) is 0 Å². The van der Waals surface area contributed by atoms with Gasteiger partial charge in [-0.3, -0.25) is 9.63 Å². The van der Waals surface area contributed by atoms with Crippen LogP contribution in [-0.4, -0.2) is 22.7 Å². The lowest BCUT2D eigenvalue weighted by Gasteiger charge is -2.03. The highest BCUT2D eigenvalue weighted by Gasteiger charge is 2.11. The number of nitrogens with one attached hydrogen (secondary N) is 1. The summed E-state index contributed by atoms with van der Waals surface area (Å²) in [6.45, 7) is 2.21. The zero-order valence-electron chi connectivity index (χ0n) is 12.5. The zero-order valence-corrected chi connectivity index (χ0v) is 12.5. The molecule has 0 bridgehead atoms. The molecular weight excluding hydrogens is 294 g/mol. The quantitative estimate of drug-likeness (QED) is 0.733. The van der Waals surface area contributed by atoms with Gasteiger partial charge in [-0.2, -0.15) is 0 Å². The molecule has 116 valence electrons. The Morgan fingerprint density at radius 3 is 2.22 bits per heavy atom. The molecule has 6 heteroatoms. The number of benzene rings is 2. The van der Waals surface area contributed by atoms with E-state index in [1.807, 2.05) is 30.3 Å². The van der Waals surface area contributed by atoms with Gasteiger partial charge < -0.3 is 4.42 Å². The molecule has 0 unspecified atom stereocenters. The fourth-order valence-electron chi connectivity index (χ4n) is 2.00. The predicted octanol–water partition coefficient (Wildman–Crippen LogP) is 3.08. The first-order valence-electron chi connectivity index (χ1n) is 7.19. The van der Waals surface area contributed by atoms with Gasteiger partial charge in [0.05, 0.1) is 6.61 Å². The summed E-state index contributed by atoms with van der Waals surface area (Å²) in [5.41, 5.74) is 4.44. The van der Waals surface area contributed by atoms with Crippen molar-refractivity contribution in [2.24, 2.45) is 0 Å². The van der Waals surface area contributed by atoms with Crippen LogP contribution in [0.15, 0.2) is 59.0 Å². The normalized spacial score (nSPS) is 10.5. The van der Waals surface area contributed by atoms with Crippen LogP contribution in [0.3, 0.4) is 0 Å². The molecule has 3 aromatic rings. The summed E-state index contributed by atoms with van der Waals surface area (Å²) in [6.07, 6.45) is 0. The summed E-state index contributed by atoms with van der Waals surface area (Å²) in [5.74, 6) is 0.563. The number of nitrogens with zero attached hydrogens (tertiary/aromatic N) is 2. The number of carbonyl (C=O) groups excluding carboxylic acids is 1. The summed E-state index contributed by atoms with van der Waals surface area (Å²) in [7, 11) is 0. The molecule has 0 spiro atoms. The van der Waals surface area contributed by atoms with Gasteiger partial charge in [0.1, 0.15) is 0 Å². The van der Waals surface area contributed by atoms with Crippen LogP contribution in [-0.2, 0) is 4.84 Å². The van der Waals surface area contributed by atoms with Crippen molar-refractivity contribution >= 4 is 5.91 Å². The van der Waals surface area contributed by atoms with E-state index >= 15 is 0 Å². The molecule has 23 heavy (non-hydrogen) atoms. The predicted molar refractivity (Wildman–Crippen MR) is 84.3 cm³/mol. The fourth-order valence-corrected chi connectivity index (χ4v) is 2.00. The highest BCUT2D eigenvalue weighted by atomic mass is 16.6. The number of rotatable bonds is 5. The van der Waals surface area contributed by atoms with Crippen LogP contribution in [0.5, 0.6) is 0 Å². The maximum atomic E-state index is 11.8. The molecule has 0 saturated heterocycles. The van der Waals surface area contributed by atoms with Crippen LogP contribution in [0.4, 0.5) is 0 Å². The second-order valence-corrected chi connectivity index (χ2v) is 4.72. The minimum Gasteiger partial charge on any atom is -0.416 e. The molecule has 0 aliphatic heterocycles. The first-order valence-corrected chi connectivity index (χ1v) is 7.19. The van der Waals surface area contributed by atoms with E-state index in [4.69, 9.17) is 9.25 Å². The largest absolute Gasteiger partial charge is 0.416 e. The molecule has 1 heterocycles. The van der Waals surface area contributed by atoms with Crippen molar-refractivity contribution in [3.05, 3.63) is 60.2 Å². The number of hydroxylamine groups is 1. The smallest absolute Gasteiger partial charge is 0.274 e. The Balaban J connectivity index is 1.78. The molecule has 0 saturated carbocycles. The van der Waals surface area contributed by atoms with E-state index in [2.05, 4.69) is 15.7 Å². The Bertz CT molecular complexity index is 782. The van der Waals surface area contributed by atoms with E-state index in [1.54, 1.807) is 31.2 Å². The molecule has 1 N–H and O–H groups in total. The number of amides is 1. The molecule has 0 aliphatic rings. The van der Waals surface area contributed by atoms with Crippen LogP contribution in [0.2, 0.25) is 0 Å². The van der Waals surface area contributed by atoms with Crippen molar-refractivity contribution in [3.8, 4) is 22.9 Å².